The van der Waals surface area contributed by atoms with E-state index in [9.17, 15) is 9.59 Å². The van der Waals surface area contributed by atoms with E-state index in [0.29, 0.717) is 16.1 Å². The first-order valence-corrected chi connectivity index (χ1v) is 15.3. The molecule has 2 fully saturated rings. The van der Waals surface area contributed by atoms with E-state index in [0.717, 1.165) is 48.1 Å². The van der Waals surface area contributed by atoms with E-state index in [1.165, 1.54) is 56.5 Å². The lowest BCUT2D eigenvalue weighted by atomic mass is 9.99. The molecule has 3 heterocycles. The van der Waals surface area contributed by atoms with Crippen LogP contribution < -0.4 is 15.5 Å². The van der Waals surface area contributed by atoms with Gasteiger partial charge in [-0.15, -0.1) is 11.3 Å². The summed E-state index contributed by atoms with van der Waals surface area (Å²) in [6.07, 6.45) is 8.05. The molecular formula is C32H39N5O3S. The molecule has 0 unspecified atom stereocenters. The Labute approximate surface area is 246 Å². The van der Waals surface area contributed by atoms with Gasteiger partial charge in [-0.05, 0) is 117 Å². The molecule has 0 bridgehead atoms. The van der Waals surface area contributed by atoms with Gasteiger partial charge in [-0.2, -0.15) is 5.10 Å². The Bertz CT molecular complexity index is 1360. The maximum atomic E-state index is 13.3. The predicted octanol–water partition coefficient (Wildman–Crippen LogP) is 5.53. The molecule has 3 aromatic rings. The molecular weight excluding hydrogens is 534 g/mol. The van der Waals surface area contributed by atoms with E-state index in [1.54, 1.807) is 13.3 Å². The van der Waals surface area contributed by atoms with Crippen molar-refractivity contribution in [1.82, 2.24) is 15.2 Å². The van der Waals surface area contributed by atoms with E-state index in [1.807, 2.05) is 54.8 Å². The van der Waals surface area contributed by atoms with Gasteiger partial charge in [-0.3, -0.25) is 14.5 Å². The van der Waals surface area contributed by atoms with E-state index < -0.39 is 0 Å². The van der Waals surface area contributed by atoms with E-state index in [-0.39, 0.29) is 11.8 Å². The lowest BCUT2D eigenvalue weighted by Gasteiger charge is -2.40. The summed E-state index contributed by atoms with van der Waals surface area (Å²) in [4.78, 5) is 31.8. The number of amides is 2. The largest absolute Gasteiger partial charge is 0.497 e. The Morgan fingerprint density at radius 2 is 1.78 bits per heavy atom. The van der Waals surface area contributed by atoms with Crippen molar-refractivity contribution in [3.63, 3.8) is 0 Å². The van der Waals surface area contributed by atoms with Gasteiger partial charge in [0.2, 0.25) is 0 Å². The summed E-state index contributed by atoms with van der Waals surface area (Å²) in [6, 6.07) is 15.9. The van der Waals surface area contributed by atoms with Gasteiger partial charge in [-0.1, -0.05) is 18.6 Å². The Morgan fingerprint density at radius 1 is 1.02 bits per heavy atom. The van der Waals surface area contributed by atoms with Crippen LogP contribution in [0.3, 0.4) is 0 Å². The number of carbonyl (C=O) groups excluding carboxylic acids is 2. The summed E-state index contributed by atoms with van der Waals surface area (Å²) in [7, 11) is 1.61. The number of anilines is 1. The van der Waals surface area contributed by atoms with Crippen LogP contribution in [0.5, 0.6) is 5.75 Å². The molecule has 0 radical (unpaired) electrons. The Morgan fingerprint density at radius 3 is 2.51 bits per heavy atom. The number of rotatable bonds is 9. The van der Waals surface area contributed by atoms with Gasteiger partial charge in [0.05, 0.1) is 19.0 Å². The van der Waals surface area contributed by atoms with Gasteiger partial charge in [0.15, 0.2) is 0 Å². The minimum Gasteiger partial charge on any atom is -0.497 e. The highest BCUT2D eigenvalue weighted by molar-refractivity contribution is 7.13. The quantitative estimate of drug-likeness (QED) is 0.260. The third-order valence-electron chi connectivity index (χ3n) is 7.97. The van der Waals surface area contributed by atoms with Gasteiger partial charge in [0, 0.05) is 18.2 Å². The first-order valence-electron chi connectivity index (χ1n) is 14.4. The molecule has 2 N–H and O–H groups in total. The van der Waals surface area contributed by atoms with Gasteiger partial charge in [-0.25, -0.2) is 5.43 Å². The molecule has 1 aromatic heterocycles. The fraction of sp³-hybridized carbons (Fsp3) is 0.406. The summed E-state index contributed by atoms with van der Waals surface area (Å²) in [5.41, 5.74) is 6.46. The second kappa shape index (κ2) is 13.9. The highest BCUT2D eigenvalue weighted by Crippen LogP contribution is 2.28. The van der Waals surface area contributed by atoms with E-state index in [4.69, 9.17) is 4.74 Å². The number of benzene rings is 2. The monoisotopic (exact) mass is 573 g/mol. The number of thiophene rings is 1. The molecule has 8 nitrogen and oxygen atoms in total. The molecule has 2 aromatic carbocycles. The standard InChI is InChI=1S/C32H39N5O3S/c1-23-22-41-30(32(39)35-33-20-24-9-11-28(40-2)12-10-24)29(23)34-31(38)26-8-6-7-25(19-26)21-36-17-13-27(14-18-36)37-15-4-3-5-16-37/h6-12,19-20,22,27H,3-5,13-18,21H2,1-2H3,(H,34,38)(H,35,39)/b33-20+. The zero-order chi connectivity index (χ0) is 28.6. The summed E-state index contributed by atoms with van der Waals surface area (Å²) < 4.78 is 5.16. The Hall–Kier alpha value is -3.53. The van der Waals surface area contributed by atoms with Crippen LogP contribution in [0.1, 0.15) is 68.8 Å². The van der Waals surface area contributed by atoms with Gasteiger partial charge < -0.3 is 15.0 Å². The van der Waals surface area contributed by atoms with Crippen LogP contribution in [0.15, 0.2) is 59.0 Å². The number of ether oxygens (including phenoxy) is 1. The predicted molar refractivity (Wildman–Crippen MR) is 165 cm³/mol. The third-order valence-corrected chi connectivity index (χ3v) is 9.07. The Balaban J connectivity index is 1.16. The first kappa shape index (κ1) is 29.0. The van der Waals surface area contributed by atoms with Crippen LogP contribution in [0, 0.1) is 6.92 Å². The minimum absolute atomic E-state index is 0.229. The molecule has 2 aliphatic rings. The van der Waals surface area contributed by atoms with Crippen molar-refractivity contribution in [1.29, 1.82) is 0 Å². The molecule has 2 amide bonds. The smallest absolute Gasteiger partial charge is 0.283 e. The van der Waals surface area contributed by atoms with Crippen molar-refractivity contribution >= 4 is 35.1 Å². The number of nitrogens with one attached hydrogen (secondary N) is 2. The van der Waals surface area contributed by atoms with Crippen LogP contribution in [0.25, 0.3) is 0 Å². The van der Waals surface area contributed by atoms with Gasteiger partial charge >= 0.3 is 0 Å². The molecule has 2 saturated heterocycles. The molecule has 9 heteroatoms. The number of aryl methyl sites for hydroxylation is 1. The fourth-order valence-corrected chi connectivity index (χ4v) is 6.55. The van der Waals surface area contributed by atoms with Crippen molar-refractivity contribution in [2.75, 3.05) is 38.6 Å². The summed E-state index contributed by atoms with van der Waals surface area (Å²) in [6.45, 7) is 7.41. The molecule has 0 spiro atoms. The minimum atomic E-state index is -0.370. The highest BCUT2D eigenvalue weighted by atomic mass is 32.1. The van der Waals surface area contributed by atoms with Crippen LogP contribution in [0.4, 0.5) is 5.69 Å². The lowest BCUT2D eigenvalue weighted by molar-refractivity contribution is 0.0896. The van der Waals surface area contributed by atoms with Crippen LogP contribution >= 0.6 is 11.3 Å². The molecule has 2 aliphatic heterocycles. The molecule has 0 saturated carbocycles. The molecule has 0 atom stereocenters. The van der Waals surface area contributed by atoms with Gasteiger partial charge in [0.1, 0.15) is 10.6 Å². The van der Waals surface area contributed by atoms with Crippen molar-refractivity contribution in [3.8, 4) is 5.75 Å². The second-order valence-electron chi connectivity index (χ2n) is 10.9. The second-order valence-corrected chi connectivity index (χ2v) is 11.7. The molecule has 216 valence electrons. The SMILES string of the molecule is COc1ccc(/C=N/NC(=O)c2scc(C)c2NC(=O)c2cccc(CN3CCC(N4CCCCC4)CC3)c2)cc1. The van der Waals surface area contributed by atoms with E-state index >= 15 is 0 Å². The van der Waals surface area contributed by atoms with Crippen LogP contribution in [0.2, 0.25) is 0 Å². The molecule has 41 heavy (non-hydrogen) atoms. The van der Waals surface area contributed by atoms with Crippen molar-refractivity contribution in [2.24, 2.45) is 5.10 Å². The normalized spacial score (nSPS) is 17.0. The summed E-state index contributed by atoms with van der Waals surface area (Å²) in [5.74, 6) is 0.150. The van der Waals surface area contributed by atoms with Crippen LogP contribution in [-0.4, -0.2) is 67.2 Å². The average molecular weight is 574 g/mol. The number of nitrogens with zero attached hydrogens (tertiary/aromatic N) is 3. The number of hydrogen-bond donors (Lipinski definition) is 2. The van der Waals surface area contributed by atoms with Crippen molar-refractivity contribution in [3.05, 3.63) is 81.0 Å². The summed E-state index contributed by atoms with van der Waals surface area (Å²) >= 11 is 1.28. The molecule has 5 rings (SSSR count). The fourth-order valence-electron chi connectivity index (χ4n) is 5.65. The lowest BCUT2D eigenvalue weighted by Crippen LogP contribution is -2.46. The average Bonchev–Trinajstić information content (AvgIpc) is 3.38. The highest BCUT2D eigenvalue weighted by Gasteiger charge is 2.25. The number of hydrazone groups is 1. The van der Waals surface area contributed by atoms with Crippen LogP contribution in [-0.2, 0) is 6.54 Å². The number of piperidine rings is 2. The van der Waals surface area contributed by atoms with Gasteiger partial charge in [0.25, 0.3) is 11.8 Å². The third kappa shape index (κ3) is 7.61. The number of carbonyl (C=O) groups is 2. The maximum absolute atomic E-state index is 13.3. The zero-order valence-electron chi connectivity index (χ0n) is 23.9. The maximum Gasteiger partial charge on any atom is 0.283 e. The number of hydrogen-bond acceptors (Lipinski definition) is 7. The molecule has 0 aliphatic carbocycles. The first-order chi connectivity index (χ1) is 20.0. The Kier molecular flexibility index (Phi) is 9.82. The summed E-state index contributed by atoms with van der Waals surface area (Å²) in [5, 5.41) is 8.92. The van der Waals surface area contributed by atoms with Crippen molar-refractivity contribution in [2.45, 2.75) is 51.6 Å². The zero-order valence-corrected chi connectivity index (χ0v) is 24.7. The van der Waals surface area contributed by atoms with Crippen molar-refractivity contribution < 1.29 is 14.3 Å². The topological polar surface area (TPSA) is 86.3 Å². The van der Waals surface area contributed by atoms with E-state index in [2.05, 4.69) is 31.7 Å². The number of likely N-dealkylation sites (tertiary alicyclic amines) is 2. The number of methoxy groups -OCH3 is 1.